The monoisotopic (exact) mass is 458 g/mol. The van der Waals surface area contributed by atoms with Gasteiger partial charge in [0.1, 0.15) is 0 Å². The van der Waals surface area contributed by atoms with E-state index >= 15 is 0 Å². The average Bonchev–Trinajstić information content (AvgIpc) is 2.71. The van der Waals surface area contributed by atoms with Crippen LogP contribution in [0.25, 0.3) is 0 Å². The lowest BCUT2D eigenvalue weighted by Gasteiger charge is -2.09. The summed E-state index contributed by atoms with van der Waals surface area (Å²) in [4.78, 5) is 12.5. The van der Waals surface area contributed by atoms with Crippen LogP contribution in [0.4, 0.5) is 0 Å². The second-order valence-electron chi connectivity index (χ2n) is 6.15. The van der Waals surface area contributed by atoms with Crippen LogP contribution in [-0.4, -0.2) is 14.3 Å². The number of hydrogen-bond acceptors (Lipinski definition) is 3. The molecular formula is C21H19BrN2O3S. The van der Waals surface area contributed by atoms with Crippen LogP contribution >= 0.6 is 15.9 Å². The SMILES string of the molecule is O=C(NCc1cccc(Br)c1)c1cccc(S(=O)(=O)NCc2ccccc2)c1. The van der Waals surface area contributed by atoms with Crippen LogP contribution in [0, 0.1) is 0 Å². The molecule has 0 aliphatic rings. The first-order chi connectivity index (χ1) is 13.4. The molecule has 0 atom stereocenters. The number of amides is 1. The van der Waals surface area contributed by atoms with Crippen molar-refractivity contribution in [1.82, 2.24) is 10.0 Å². The maximum Gasteiger partial charge on any atom is 0.251 e. The van der Waals surface area contributed by atoms with Crippen molar-refractivity contribution < 1.29 is 13.2 Å². The Hall–Kier alpha value is -2.48. The second-order valence-corrected chi connectivity index (χ2v) is 8.83. The Morgan fingerprint density at radius 1 is 0.821 bits per heavy atom. The molecule has 0 fully saturated rings. The molecule has 3 aromatic carbocycles. The van der Waals surface area contributed by atoms with Gasteiger partial charge in [-0.1, -0.05) is 64.5 Å². The molecule has 0 unspecified atom stereocenters. The van der Waals surface area contributed by atoms with Gasteiger partial charge in [0, 0.05) is 23.1 Å². The zero-order valence-electron chi connectivity index (χ0n) is 14.9. The molecule has 144 valence electrons. The molecule has 28 heavy (non-hydrogen) atoms. The maximum atomic E-state index is 12.5. The Morgan fingerprint density at radius 3 is 2.29 bits per heavy atom. The number of rotatable bonds is 7. The van der Waals surface area contributed by atoms with E-state index in [-0.39, 0.29) is 22.9 Å². The molecule has 1 amide bonds. The maximum absolute atomic E-state index is 12.5. The van der Waals surface area contributed by atoms with E-state index in [0.29, 0.717) is 6.54 Å². The summed E-state index contributed by atoms with van der Waals surface area (Å²) in [6, 6.07) is 22.9. The normalized spacial score (nSPS) is 11.2. The van der Waals surface area contributed by atoms with Gasteiger partial charge in [-0.3, -0.25) is 4.79 Å². The molecule has 2 N–H and O–H groups in total. The molecule has 0 heterocycles. The van der Waals surface area contributed by atoms with Gasteiger partial charge in [0.15, 0.2) is 0 Å². The fourth-order valence-corrected chi connectivity index (χ4v) is 4.10. The Balaban J connectivity index is 1.67. The third-order valence-electron chi connectivity index (χ3n) is 4.06. The van der Waals surface area contributed by atoms with Crippen molar-refractivity contribution in [3.05, 3.63) is 100 Å². The zero-order valence-corrected chi connectivity index (χ0v) is 17.3. The molecule has 0 aliphatic carbocycles. The second kappa shape index (κ2) is 9.14. The van der Waals surface area contributed by atoms with Crippen molar-refractivity contribution in [2.45, 2.75) is 18.0 Å². The van der Waals surface area contributed by atoms with Crippen LogP contribution in [0.2, 0.25) is 0 Å². The van der Waals surface area contributed by atoms with Gasteiger partial charge in [0.05, 0.1) is 4.90 Å². The van der Waals surface area contributed by atoms with E-state index in [9.17, 15) is 13.2 Å². The first kappa shape index (κ1) is 20.3. The molecule has 0 aromatic heterocycles. The Bertz CT molecular complexity index is 1070. The summed E-state index contributed by atoms with van der Waals surface area (Å²) in [6.45, 7) is 0.532. The van der Waals surface area contributed by atoms with Crippen molar-refractivity contribution in [2.24, 2.45) is 0 Å². The number of carbonyl (C=O) groups is 1. The minimum absolute atomic E-state index is 0.0542. The first-order valence-corrected chi connectivity index (χ1v) is 10.9. The summed E-state index contributed by atoms with van der Waals surface area (Å²) in [6.07, 6.45) is 0. The highest BCUT2D eigenvalue weighted by atomic mass is 79.9. The smallest absolute Gasteiger partial charge is 0.251 e. The van der Waals surface area contributed by atoms with Gasteiger partial charge in [-0.25, -0.2) is 13.1 Å². The van der Waals surface area contributed by atoms with Crippen LogP contribution in [0.1, 0.15) is 21.5 Å². The Kier molecular flexibility index (Phi) is 6.61. The highest BCUT2D eigenvalue weighted by molar-refractivity contribution is 9.10. The van der Waals surface area contributed by atoms with Gasteiger partial charge in [0.2, 0.25) is 10.0 Å². The number of hydrogen-bond donors (Lipinski definition) is 2. The van der Waals surface area contributed by atoms with E-state index < -0.39 is 10.0 Å². The molecule has 3 rings (SSSR count). The van der Waals surface area contributed by atoms with E-state index in [1.807, 2.05) is 54.6 Å². The summed E-state index contributed by atoms with van der Waals surface area (Å²) < 4.78 is 28.6. The highest BCUT2D eigenvalue weighted by Crippen LogP contribution is 2.14. The van der Waals surface area contributed by atoms with E-state index in [4.69, 9.17) is 0 Å². The summed E-state index contributed by atoms with van der Waals surface area (Å²) in [7, 11) is -3.72. The molecule has 0 radical (unpaired) electrons. The van der Waals surface area contributed by atoms with Gasteiger partial charge < -0.3 is 5.32 Å². The van der Waals surface area contributed by atoms with Crippen molar-refractivity contribution >= 4 is 31.9 Å². The molecule has 5 nitrogen and oxygen atoms in total. The van der Waals surface area contributed by atoms with Crippen LogP contribution in [-0.2, 0) is 23.1 Å². The van der Waals surface area contributed by atoms with Crippen LogP contribution in [0.5, 0.6) is 0 Å². The number of benzene rings is 3. The van der Waals surface area contributed by atoms with E-state index in [1.165, 1.54) is 12.1 Å². The summed E-state index contributed by atoms with van der Waals surface area (Å²) >= 11 is 3.39. The molecule has 3 aromatic rings. The number of sulfonamides is 1. The lowest BCUT2D eigenvalue weighted by atomic mass is 10.2. The largest absolute Gasteiger partial charge is 0.348 e. The predicted octanol–water partition coefficient (Wildman–Crippen LogP) is 3.86. The third kappa shape index (κ3) is 5.51. The zero-order chi connectivity index (χ0) is 20.0. The quantitative estimate of drug-likeness (QED) is 0.564. The predicted molar refractivity (Wildman–Crippen MR) is 112 cm³/mol. The van der Waals surface area contributed by atoms with Crippen LogP contribution in [0.15, 0.2) is 88.2 Å². The van der Waals surface area contributed by atoms with Crippen molar-refractivity contribution in [1.29, 1.82) is 0 Å². The third-order valence-corrected chi connectivity index (χ3v) is 5.95. The Labute approximate surface area is 173 Å². The summed E-state index contributed by atoms with van der Waals surface area (Å²) in [5.41, 5.74) is 2.09. The van der Waals surface area contributed by atoms with E-state index in [1.54, 1.807) is 12.1 Å². The van der Waals surface area contributed by atoms with Gasteiger partial charge in [-0.2, -0.15) is 0 Å². The molecule has 0 saturated heterocycles. The highest BCUT2D eigenvalue weighted by Gasteiger charge is 2.16. The minimum atomic E-state index is -3.72. The van der Waals surface area contributed by atoms with E-state index in [0.717, 1.165) is 15.6 Å². The molecular weight excluding hydrogens is 440 g/mol. The molecule has 7 heteroatoms. The van der Waals surface area contributed by atoms with Gasteiger partial charge >= 0.3 is 0 Å². The van der Waals surface area contributed by atoms with Crippen molar-refractivity contribution in [3.8, 4) is 0 Å². The fraction of sp³-hybridized carbons (Fsp3) is 0.0952. The standard InChI is InChI=1S/C21H19BrN2O3S/c22-19-10-4-8-17(12-19)14-23-21(25)18-9-5-11-20(13-18)28(26,27)24-15-16-6-2-1-3-7-16/h1-13,24H,14-15H2,(H,23,25). The topological polar surface area (TPSA) is 75.3 Å². The summed E-state index contributed by atoms with van der Waals surface area (Å²) in [5.74, 6) is -0.333. The fourth-order valence-electron chi connectivity index (χ4n) is 2.59. The van der Waals surface area contributed by atoms with Crippen LogP contribution < -0.4 is 10.0 Å². The number of halogens is 1. The Morgan fingerprint density at radius 2 is 1.54 bits per heavy atom. The minimum Gasteiger partial charge on any atom is -0.348 e. The average molecular weight is 459 g/mol. The molecule has 0 spiro atoms. The summed E-state index contributed by atoms with van der Waals surface area (Å²) in [5, 5.41) is 2.80. The van der Waals surface area contributed by atoms with Crippen molar-refractivity contribution in [2.75, 3.05) is 0 Å². The molecule has 0 bridgehead atoms. The number of carbonyl (C=O) groups excluding carboxylic acids is 1. The first-order valence-electron chi connectivity index (χ1n) is 8.60. The molecule has 0 saturated carbocycles. The number of nitrogens with one attached hydrogen (secondary N) is 2. The lowest BCUT2D eigenvalue weighted by Crippen LogP contribution is -2.25. The van der Waals surface area contributed by atoms with Gasteiger partial charge in [-0.15, -0.1) is 0 Å². The molecule has 0 aliphatic heterocycles. The van der Waals surface area contributed by atoms with E-state index in [2.05, 4.69) is 26.0 Å². The van der Waals surface area contributed by atoms with Crippen LogP contribution in [0.3, 0.4) is 0 Å². The lowest BCUT2D eigenvalue weighted by molar-refractivity contribution is 0.0950. The van der Waals surface area contributed by atoms with Crippen molar-refractivity contribution in [3.63, 3.8) is 0 Å². The van der Waals surface area contributed by atoms with Gasteiger partial charge in [-0.05, 0) is 41.5 Å². The van der Waals surface area contributed by atoms with Gasteiger partial charge in [0.25, 0.3) is 5.91 Å².